The lowest BCUT2D eigenvalue weighted by atomic mass is 9.85. The van der Waals surface area contributed by atoms with Crippen molar-refractivity contribution in [3.8, 4) is 0 Å². The van der Waals surface area contributed by atoms with Crippen LogP contribution in [0.1, 0.15) is 27.2 Å². The van der Waals surface area contributed by atoms with Gasteiger partial charge in [0, 0.05) is 13.1 Å². The summed E-state index contributed by atoms with van der Waals surface area (Å²) in [5.41, 5.74) is -0.273. The first kappa shape index (κ1) is 12.7. The van der Waals surface area contributed by atoms with E-state index in [9.17, 15) is 9.59 Å². The van der Waals surface area contributed by atoms with Gasteiger partial charge < -0.3 is 15.7 Å². The molecule has 0 aliphatic rings. The van der Waals surface area contributed by atoms with Crippen LogP contribution in [0.2, 0.25) is 0 Å². The van der Waals surface area contributed by atoms with Crippen LogP contribution in [-0.2, 0) is 4.79 Å². The Morgan fingerprint density at radius 3 is 2.14 bits per heavy atom. The van der Waals surface area contributed by atoms with Crippen LogP contribution in [0, 0.1) is 5.41 Å². The molecule has 0 aromatic carbocycles. The average Bonchev–Trinajstić information content (AvgIpc) is 2.00. The molecule has 0 saturated carbocycles. The Labute approximate surface area is 83.9 Å². The van der Waals surface area contributed by atoms with E-state index in [1.807, 2.05) is 20.8 Å². The van der Waals surface area contributed by atoms with Crippen molar-refractivity contribution in [3.63, 3.8) is 0 Å². The van der Waals surface area contributed by atoms with E-state index in [4.69, 9.17) is 5.11 Å². The summed E-state index contributed by atoms with van der Waals surface area (Å²) in [4.78, 5) is 21.6. The van der Waals surface area contributed by atoms with Crippen molar-refractivity contribution in [2.45, 2.75) is 33.2 Å². The molecule has 0 heterocycles. The number of amides is 2. The number of hydrogen-bond acceptors (Lipinski definition) is 2. The zero-order chi connectivity index (χ0) is 11.4. The maximum atomic E-state index is 11.0. The minimum atomic E-state index is -0.915. The van der Waals surface area contributed by atoms with Crippen LogP contribution in [-0.4, -0.2) is 30.2 Å². The van der Waals surface area contributed by atoms with Gasteiger partial charge in [-0.05, 0) is 5.41 Å². The lowest BCUT2D eigenvalue weighted by molar-refractivity contribution is -0.138. The summed E-state index contributed by atoms with van der Waals surface area (Å²) in [7, 11) is 1.50. The molecule has 0 aliphatic heterocycles. The van der Waals surface area contributed by atoms with Crippen molar-refractivity contribution in [2.24, 2.45) is 5.41 Å². The first-order valence-corrected chi connectivity index (χ1v) is 4.47. The predicted octanol–water partition coefficient (Wildman–Crippen LogP) is 0.805. The molecule has 0 radical (unpaired) electrons. The number of rotatable bonds is 3. The second-order valence-corrected chi connectivity index (χ2v) is 4.24. The van der Waals surface area contributed by atoms with E-state index < -0.39 is 5.97 Å². The van der Waals surface area contributed by atoms with E-state index in [-0.39, 0.29) is 23.9 Å². The Bertz CT molecular complexity index is 221. The van der Waals surface area contributed by atoms with Gasteiger partial charge >= 0.3 is 12.0 Å². The van der Waals surface area contributed by atoms with Crippen molar-refractivity contribution in [1.29, 1.82) is 0 Å². The average molecular weight is 202 g/mol. The molecule has 82 valence electrons. The predicted molar refractivity (Wildman–Crippen MR) is 53.1 cm³/mol. The van der Waals surface area contributed by atoms with E-state index in [0.717, 1.165) is 0 Å². The quantitative estimate of drug-likeness (QED) is 0.633. The van der Waals surface area contributed by atoms with Gasteiger partial charge in [0.1, 0.15) is 0 Å². The molecule has 5 heteroatoms. The van der Waals surface area contributed by atoms with Gasteiger partial charge in [-0.1, -0.05) is 20.8 Å². The van der Waals surface area contributed by atoms with Gasteiger partial charge in [-0.3, -0.25) is 4.79 Å². The molecule has 0 bridgehead atoms. The van der Waals surface area contributed by atoms with Crippen molar-refractivity contribution in [1.82, 2.24) is 10.6 Å². The Morgan fingerprint density at radius 2 is 1.86 bits per heavy atom. The van der Waals surface area contributed by atoms with E-state index in [0.29, 0.717) is 0 Å². The van der Waals surface area contributed by atoms with Crippen LogP contribution >= 0.6 is 0 Å². The lowest BCUT2D eigenvalue weighted by Crippen LogP contribution is -2.48. The molecule has 3 N–H and O–H groups in total. The maximum Gasteiger partial charge on any atom is 0.314 e. The molecule has 5 nitrogen and oxygen atoms in total. The molecule has 0 spiro atoms. The van der Waals surface area contributed by atoms with Gasteiger partial charge in [-0.25, -0.2) is 4.79 Å². The Morgan fingerprint density at radius 1 is 1.36 bits per heavy atom. The molecule has 0 rings (SSSR count). The third kappa shape index (κ3) is 4.69. The zero-order valence-corrected chi connectivity index (χ0v) is 9.05. The topological polar surface area (TPSA) is 78.4 Å². The molecule has 0 aromatic rings. The molecule has 2 amide bonds. The maximum absolute atomic E-state index is 11.0. The molecular weight excluding hydrogens is 184 g/mol. The largest absolute Gasteiger partial charge is 0.481 e. The van der Waals surface area contributed by atoms with Gasteiger partial charge in [0.2, 0.25) is 0 Å². The molecular formula is C9H18N2O3. The molecule has 1 unspecified atom stereocenters. The molecule has 0 aliphatic carbocycles. The molecule has 0 fully saturated rings. The highest BCUT2D eigenvalue weighted by Gasteiger charge is 2.27. The van der Waals surface area contributed by atoms with Crippen LogP contribution in [0.15, 0.2) is 0 Å². The monoisotopic (exact) mass is 202 g/mol. The second kappa shape index (κ2) is 4.83. The number of carbonyl (C=O) groups is 2. The molecule has 14 heavy (non-hydrogen) atoms. The third-order valence-corrected chi connectivity index (χ3v) is 1.96. The zero-order valence-electron chi connectivity index (χ0n) is 9.05. The minimum Gasteiger partial charge on any atom is -0.481 e. The number of carboxylic acids is 1. The SMILES string of the molecule is CNC(=O)NC(CC(=O)O)C(C)(C)C. The van der Waals surface area contributed by atoms with Crippen LogP contribution in [0.3, 0.4) is 0 Å². The Hall–Kier alpha value is -1.26. The van der Waals surface area contributed by atoms with Crippen LogP contribution in [0.5, 0.6) is 0 Å². The van der Waals surface area contributed by atoms with Gasteiger partial charge in [0.05, 0.1) is 6.42 Å². The second-order valence-electron chi connectivity index (χ2n) is 4.24. The summed E-state index contributed by atoms with van der Waals surface area (Å²) >= 11 is 0. The summed E-state index contributed by atoms with van der Waals surface area (Å²) in [5, 5.41) is 13.7. The molecule has 0 saturated heterocycles. The number of aliphatic carboxylic acids is 1. The van der Waals surface area contributed by atoms with Crippen molar-refractivity contribution < 1.29 is 14.7 Å². The van der Waals surface area contributed by atoms with E-state index in [1.54, 1.807) is 0 Å². The highest BCUT2D eigenvalue weighted by Crippen LogP contribution is 2.21. The van der Waals surface area contributed by atoms with Crippen LogP contribution in [0.25, 0.3) is 0 Å². The summed E-state index contributed by atoms with van der Waals surface area (Å²) in [6.07, 6.45) is -0.0725. The summed E-state index contributed by atoms with van der Waals surface area (Å²) in [6.45, 7) is 5.66. The standard InChI is InChI=1S/C9H18N2O3/c1-9(2,3)6(5-7(12)13)11-8(14)10-4/h6H,5H2,1-4H3,(H,12,13)(H2,10,11,14). The fourth-order valence-corrected chi connectivity index (χ4v) is 0.979. The fraction of sp³-hybridized carbons (Fsp3) is 0.778. The number of carboxylic acid groups (broad SMARTS) is 1. The van der Waals surface area contributed by atoms with Crippen LogP contribution in [0.4, 0.5) is 4.79 Å². The Kier molecular flexibility index (Phi) is 4.40. The van der Waals surface area contributed by atoms with E-state index in [1.165, 1.54) is 7.05 Å². The minimum absolute atomic E-state index is 0.0725. The third-order valence-electron chi connectivity index (χ3n) is 1.96. The lowest BCUT2D eigenvalue weighted by Gasteiger charge is -2.30. The highest BCUT2D eigenvalue weighted by atomic mass is 16.4. The smallest absolute Gasteiger partial charge is 0.314 e. The first-order valence-electron chi connectivity index (χ1n) is 4.47. The highest BCUT2D eigenvalue weighted by molar-refractivity contribution is 5.75. The summed E-state index contributed by atoms with van der Waals surface area (Å²) < 4.78 is 0. The first-order chi connectivity index (χ1) is 6.27. The fourth-order valence-electron chi connectivity index (χ4n) is 0.979. The molecule has 0 aromatic heterocycles. The number of carbonyl (C=O) groups excluding carboxylic acids is 1. The van der Waals surface area contributed by atoms with Gasteiger partial charge in [0.25, 0.3) is 0 Å². The van der Waals surface area contributed by atoms with Crippen molar-refractivity contribution in [3.05, 3.63) is 0 Å². The van der Waals surface area contributed by atoms with E-state index >= 15 is 0 Å². The number of urea groups is 1. The Balaban J connectivity index is 4.41. The number of hydrogen-bond donors (Lipinski definition) is 3. The van der Waals surface area contributed by atoms with Gasteiger partial charge in [0.15, 0.2) is 0 Å². The normalized spacial score (nSPS) is 13.1. The van der Waals surface area contributed by atoms with Gasteiger partial charge in [-0.2, -0.15) is 0 Å². The van der Waals surface area contributed by atoms with E-state index in [2.05, 4.69) is 10.6 Å². The molecule has 1 atom stereocenters. The summed E-state index contributed by atoms with van der Waals surface area (Å²) in [5.74, 6) is -0.915. The van der Waals surface area contributed by atoms with Crippen molar-refractivity contribution >= 4 is 12.0 Å². The van der Waals surface area contributed by atoms with Crippen LogP contribution < -0.4 is 10.6 Å². The van der Waals surface area contributed by atoms with Crippen molar-refractivity contribution in [2.75, 3.05) is 7.05 Å². The van der Waals surface area contributed by atoms with Gasteiger partial charge in [-0.15, -0.1) is 0 Å². The number of nitrogens with one attached hydrogen (secondary N) is 2. The summed E-state index contributed by atoms with van der Waals surface area (Å²) in [6, 6.07) is -0.730.